The summed E-state index contributed by atoms with van der Waals surface area (Å²) in [4.78, 5) is 16.0. The van der Waals surface area contributed by atoms with E-state index in [2.05, 4.69) is 20.9 Å². The fourth-order valence-corrected chi connectivity index (χ4v) is 3.69. The number of aromatic nitrogens is 2. The first kappa shape index (κ1) is 20.6. The van der Waals surface area contributed by atoms with Crippen LogP contribution in [-0.4, -0.2) is 38.9 Å². The maximum Gasteiger partial charge on any atom is 0.172 e. The third kappa shape index (κ3) is 5.47. The van der Waals surface area contributed by atoms with Crippen molar-refractivity contribution in [3.8, 4) is 11.4 Å². The Morgan fingerprint density at radius 3 is 2.61 bits per heavy atom. The van der Waals surface area contributed by atoms with Crippen LogP contribution in [0.2, 0.25) is 0 Å². The lowest BCUT2D eigenvalue weighted by Crippen LogP contribution is -2.20. The molecule has 1 unspecified atom stereocenters. The number of benzene rings is 2. The molecule has 0 radical (unpaired) electrons. The first-order chi connectivity index (χ1) is 13.6. The molecule has 0 amide bonds. The molecule has 2 aromatic carbocycles. The zero-order chi connectivity index (χ0) is 19.9. The summed E-state index contributed by atoms with van der Waals surface area (Å²) in [5.74, 6) is 1.19. The van der Waals surface area contributed by atoms with E-state index in [-0.39, 0.29) is 12.4 Å². The molecule has 3 rings (SSSR count). The number of hydrogen-bond acceptors (Lipinski definition) is 5. The molecule has 0 aliphatic rings. The number of rotatable bonds is 9. The van der Waals surface area contributed by atoms with Gasteiger partial charge in [0.2, 0.25) is 0 Å². The minimum Gasteiger partial charge on any atom is -0.491 e. The monoisotopic (exact) mass is 460 g/mol. The van der Waals surface area contributed by atoms with Gasteiger partial charge in [-0.05, 0) is 48.5 Å². The highest BCUT2D eigenvalue weighted by atomic mass is 79.9. The Bertz CT molecular complexity index is 910. The van der Waals surface area contributed by atoms with Crippen LogP contribution < -0.4 is 4.74 Å². The summed E-state index contributed by atoms with van der Waals surface area (Å²) in [6.07, 6.45) is 3.48. The maximum atomic E-state index is 11.6. The molecule has 1 aromatic heterocycles. The number of imidazole rings is 1. The number of aliphatic hydroxyl groups is 1. The second-order valence-corrected chi connectivity index (χ2v) is 8.04. The SMILES string of the molecule is CCC(=O)c1ccc(OCC(O)CSc2nccn2-c2ccc(Br)cc2)cc1. The van der Waals surface area contributed by atoms with E-state index >= 15 is 0 Å². The zero-order valence-corrected chi connectivity index (χ0v) is 17.8. The van der Waals surface area contributed by atoms with E-state index in [1.165, 1.54) is 11.8 Å². The van der Waals surface area contributed by atoms with Gasteiger partial charge >= 0.3 is 0 Å². The molecular weight excluding hydrogens is 440 g/mol. The number of Topliss-reactive ketones (excluding diaryl/α,β-unsaturated/α-hetero) is 1. The van der Waals surface area contributed by atoms with Crippen molar-refractivity contribution in [3.63, 3.8) is 0 Å². The van der Waals surface area contributed by atoms with Crippen molar-refractivity contribution in [1.82, 2.24) is 9.55 Å². The second-order valence-electron chi connectivity index (χ2n) is 6.13. The first-order valence-corrected chi connectivity index (χ1v) is 10.7. The highest BCUT2D eigenvalue weighted by Gasteiger charge is 2.11. The lowest BCUT2D eigenvalue weighted by Gasteiger charge is -2.13. The first-order valence-electron chi connectivity index (χ1n) is 8.93. The number of ether oxygens (including phenoxy) is 1. The van der Waals surface area contributed by atoms with Crippen molar-refractivity contribution < 1.29 is 14.6 Å². The number of ketones is 1. The van der Waals surface area contributed by atoms with Crippen molar-refractivity contribution >= 4 is 33.5 Å². The number of nitrogens with zero attached hydrogens (tertiary/aromatic N) is 2. The van der Waals surface area contributed by atoms with Crippen molar-refractivity contribution in [2.24, 2.45) is 0 Å². The van der Waals surface area contributed by atoms with Gasteiger partial charge in [0.05, 0.1) is 6.10 Å². The summed E-state index contributed by atoms with van der Waals surface area (Å²) < 4.78 is 8.63. The van der Waals surface area contributed by atoms with E-state index in [0.717, 1.165) is 15.3 Å². The molecule has 0 spiro atoms. The van der Waals surface area contributed by atoms with Crippen LogP contribution in [0.15, 0.2) is 70.6 Å². The van der Waals surface area contributed by atoms with Gasteiger partial charge in [0.1, 0.15) is 12.4 Å². The summed E-state index contributed by atoms with van der Waals surface area (Å²) in [6.45, 7) is 2.01. The molecule has 0 saturated heterocycles. The van der Waals surface area contributed by atoms with Crippen molar-refractivity contribution in [2.45, 2.75) is 24.6 Å². The molecule has 3 aromatic rings. The number of carbonyl (C=O) groups excluding carboxylic acids is 1. The molecule has 5 nitrogen and oxygen atoms in total. The normalized spacial score (nSPS) is 12.0. The molecule has 0 saturated carbocycles. The average Bonchev–Trinajstić information content (AvgIpc) is 3.19. The van der Waals surface area contributed by atoms with Gasteiger partial charge in [-0.1, -0.05) is 34.6 Å². The molecule has 7 heteroatoms. The maximum absolute atomic E-state index is 11.6. The standard InChI is InChI=1S/C21H21BrN2O3S/c1-2-20(26)15-3-9-19(10-4-15)27-13-18(25)14-28-21-23-11-12-24(21)17-7-5-16(22)6-8-17/h3-12,18,25H,2,13-14H2,1H3. The highest BCUT2D eigenvalue weighted by molar-refractivity contribution is 9.10. The number of halogens is 1. The van der Waals surface area contributed by atoms with Crippen LogP contribution in [0.1, 0.15) is 23.7 Å². The van der Waals surface area contributed by atoms with Gasteiger partial charge in [0.25, 0.3) is 0 Å². The lowest BCUT2D eigenvalue weighted by atomic mass is 10.1. The largest absolute Gasteiger partial charge is 0.491 e. The Labute approximate surface area is 176 Å². The number of thioether (sulfide) groups is 1. The van der Waals surface area contributed by atoms with Gasteiger partial charge in [-0.15, -0.1) is 0 Å². The molecule has 0 aliphatic heterocycles. The Morgan fingerprint density at radius 1 is 1.21 bits per heavy atom. The Hall–Kier alpha value is -2.09. The topological polar surface area (TPSA) is 64.3 Å². The molecular formula is C21H21BrN2O3S. The van der Waals surface area contributed by atoms with Gasteiger partial charge in [-0.25, -0.2) is 4.98 Å². The Morgan fingerprint density at radius 2 is 1.93 bits per heavy atom. The molecule has 1 N–H and O–H groups in total. The summed E-state index contributed by atoms with van der Waals surface area (Å²) in [5.41, 5.74) is 1.68. The lowest BCUT2D eigenvalue weighted by molar-refractivity contribution is 0.0987. The summed E-state index contributed by atoms with van der Waals surface area (Å²) in [6, 6.07) is 15.0. The van der Waals surface area contributed by atoms with E-state index < -0.39 is 6.10 Å². The minimum absolute atomic E-state index is 0.101. The highest BCUT2D eigenvalue weighted by Crippen LogP contribution is 2.23. The van der Waals surface area contributed by atoms with Crippen LogP contribution >= 0.6 is 27.7 Å². The van der Waals surface area contributed by atoms with E-state index in [9.17, 15) is 9.90 Å². The summed E-state index contributed by atoms with van der Waals surface area (Å²) >= 11 is 4.91. The van der Waals surface area contributed by atoms with Gasteiger partial charge in [-0.3, -0.25) is 9.36 Å². The van der Waals surface area contributed by atoms with Crippen LogP contribution in [0.5, 0.6) is 5.75 Å². The molecule has 0 bridgehead atoms. The number of hydrogen-bond donors (Lipinski definition) is 1. The van der Waals surface area contributed by atoms with E-state index in [0.29, 0.717) is 23.5 Å². The quantitative estimate of drug-likeness (QED) is 0.368. The summed E-state index contributed by atoms with van der Waals surface area (Å²) in [7, 11) is 0. The number of aliphatic hydroxyl groups excluding tert-OH is 1. The molecule has 28 heavy (non-hydrogen) atoms. The fourth-order valence-electron chi connectivity index (χ4n) is 2.55. The molecule has 1 atom stereocenters. The Kier molecular flexibility index (Phi) is 7.30. The predicted molar refractivity (Wildman–Crippen MR) is 115 cm³/mol. The smallest absolute Gasteiger partial charge is 0.172 e. The molecule has 0 aliphatic carbocycles. The van der Waals surface area contributed by atoms with E-state index in [1.807, 2.05) is 42.0 Å². The van der Waals surface area contributed by atoms with E-state index in [1.54, 1.807) is 30.5 Å². The van der Waals surface area contributed by atoms with Gasteiger partial charge in [0, 0.05) is 40.3 Å². The van der Waals surface area contributed by atoms with Crippen molar-refractivity contribution in [2.75, 3.05) is 12.4 Å². The molecule has 146 valence electrons. The minimum atomic E-state index is -0.642. The van der Waals surface area contributed by atoms with Gasteiger partial charge in [0.15, 0.2) is 10.9 Å². The summed E-state index contributed by atoms with van der Waals surface area (Å²) in [5, 5.41) is 11.1. The second kappa shape index (κ2) is 9.91. The van der Waals surface area contributed by atoms with Crippen LogP contribution in [0, 0.1) is 0 Å². The fraction of sp³-hybridized carbons (Fsp3) is 0.238. The van der Waals surface area contributed by atoms with Crippen molar-refractivity contribution in [1.29, 1.82) is 0 Å². The number of carbonyl (C=O) groups is 1. The van der Waals surface area contributed by atoms with Crippen LogP contribution in [-0.2, 0) is 0 Å². The molecule has 1 heterocycles. The third-order valence-corrected chi connectivity index (χ3v) is 5.70. The van der Waals surface area contributed by atoms with E-state index in [4.69, 9.17) is 4.74 Å². The van der Waals surface area contributed by atoms with Crippen LogP contribution in [0.25, 0.3) is 5.69 Å². The van der Waals surface area contributed by atoms with Crippen LogP contribution in [0.3, 0.4) is 0 Å². The van der Waals surface area contributed by atoms with Crippen LogP contribution in [0.4, 0.5) is 0 Å². The van der Waals surface area contributed by atoms with Gasteiger partial charge < -0.3 is 9.84 Å². The molecule has 0 fully saturated rings. The predicted octanol–water partition coefficient (Wildman–Crippen LogP) is 4.76. The average molecular weight is 461 g/mol. The third-order valence-electron chi connectivity index (χ3n) is 4.06. The van der Waals surface area contributed by atoms with Crippen molar-refractivity contribution in [3.05, 3.63) is 71.0 Å². The zero-order valence-electron chi connectivity index (χ0n) is 15.4. The Balaban J connectivity index is 1.51. The van der Waals surface area contributed by atoms with Gasteiger partial charge in [-0.2, -0.15) is 0 Å².